The zero-order valence-electron chi connectivity index (χ0n) is 8.31. The Hall–Kier alpha value is -2.11. The fourth-order valence-corrected chi connectivity index (χ4v) is 1.06. The maximum Gasteiger partial charge on any atom is 0.411 e. The highest BCUT2D eigenvalue weighted by molar-refractivity contribution is 5.85. The van der Waals surface area contributed by atoms with Crippen molar-refractivity contribution in [1.82, 2.24) is 0 Å². The summed E-state index contributed by atoms with van der Waals surface area (Å²) in [6.07, 6.45) is -0.605. The van der Waals surface area contributed by atoms with Gasteiger partial charge in [0.05, 0.1) is 12.0 Å². The first kappa shape index (κ1) is 11.0. The number of ether oxygens (including phenoxy) is 1. The molecule has 0 saturated carbocycles. The number of carbonyl (C=O) groups is 1. The van der Waals surface area contributed by atoms with Gasteiger partial charge in [-0.2, -0.15) is 0 Å². The first-order chi connectivity index (χ1) is 7.04. The predicted octanol–water partition coefficient (Wildman–Crippen LogP) is 2.08. The van der Waals surface area contributed by atoms with Gasteiger partial charge >= 0.3 is 6.09 Å². The summed E-state index contributed by atoms with van der Waals surface area (Å²) in [5, 5.41) is 12.9. The van der Waals surface area contributed by atoms with Crippen molar-refractivity contribution in [2.45, 2.75) is 6.92 Å². The molecule has 15 heavy (non-hydrogen) atoms. The Morgan fingerprint density at radius 2 is 2.20 bits per heavy atom. The standard InChI is InChI=1S/C9H10N2O4/c1-6-5-7(11(13)14)3-4-8(6)10-9(12)15-2/h3-5H,1-2H3,(H,10,12). The average molecular weight is 210 g/mol. The minimum Gasteiger partial charge on any atom is -0.453 e. The van der Waals surface area contributed by atoms with Gasteiger partial charge in [-0.3, -0.25) is 15.4 Å². The molecule has 1 aromatic carbocycles. The highest BCUT2D eigenvalue weighted by Crippen LogP contribution is 2.21. The quantitative estimate of drug-likeness (QED) is 0.598. The number of hydrogen-bond donors (Lipinski definition) is 1. The van der Waals surface area contributed by atoms with E-state index in [0.717, 1.165) is 0 Å². The Morgan fingerprint density at radius 1 is 1.53 bits per heavy atom. The van der Waals surface area contributed by atoms with Crippen molar-refractivity contribution >= 4 is 17.5 Å². The van der Waals surface area contributed by atoms with Gasteiger partial charge in [-0.25, -0.2) is 4.79 Å². The van der Waals surface area contributed by atoms with Crippen LogP contribution < -0.4 is 5.32 Å². The largest absolute Gasteiger partial charge is 0.453 e. The summed E-state index contributed by atoms with van der Waals surface area (Å²) in [6, 6.07) is 4.16. The van der Waals surface area contributed by atoms with Gasteiger partial charge in [0.25, 0.3) is 5.69 Å². The zero-order valence-corrected chi connectivity index (χ0v) is 8.31. The molecule has 0 heterocycles. The van der Waals surface area contributed by atoms with Crippen molar-refractivity contribution in [3.63, 3.8) is 0 Å². The van der Waals surface area contributed by atoms with E-state index in [2.05, 4.69) is 10.1 Å². The number of non-ortho nitro benzene ring substituents is 1. The molecule has 0 unspecified atom stereocenters. The highest BCUT2D eigenvalue weighted by Gasteiger charge is 2.09. The third-order valence-corrected chi connectivity index (χ3v) is 1.84. The third kappa shape index (κ3) is 2.67. The summed E-state index contributed by atoms with van der Waals surface area (Å²) in [5.41, 5.74) is 1.09. The molecule has 0 radical (unpaired) electrons. The van der Waals surface area contributed by atoms with Crippen LogP contribution >= 0.6 is 0 Å². The molecule has 6 nitrogen and oxygen atoms in total. The lowest BCUT2D eigenvalue weighted by molar-refractivity contribution is -0.384. The van der Waals surface area contributed by atoms with Crippen LogP contribution in [0.5, 0.6) is 0 Å². The van der Waals surface area contributed by atoms with Crippen molar-refractivity contribution in [2.24, 2.45) is 0 Å². The molecule has 1 rings (SSSR count). The van der Waals surface area contributed by atoms with Gasteiger partial charge in [0.1, 0.15) is 0 Å². The number of nitrogens with one attached hydrogen (secondary N) is 1. The predicted molar refractivity (Wildman–Crippen MR) is 53.9 cm³/mol. The van der Waals surface area contributed by atoms with Gasteiger partial charge in [-0.1, -0.05) is 0 Å². The van der Waals surface area contributed by atoms with E-state index in [1.165, 1.54) is 25.3 Å². The first-order valence-corrected chi connectivity index (χ1v) is 4.14. The van der Waals surface area contributed by atoms with E-state index in [4.69, 9.17) is 0 Å². The second-order valence-electron chi connectivity index (χ2n) is 2.87. The topological polar surface area (TPSA) is 81.5 Å². The van der Waals surface area contributed by atoms with Gasteiger partial charge in [0.2, 0.25) is 0 Å². The molecule has 1 amide bonds. The molecule has 6 heteroatoms. The molecule has 0 aliphatic rings. The molecule has 0 fully saturated rings. The molecule has 0 aliphatic carbocycles. The van der Waals surface area contributed by atoms with Crippen molar-refractivity contribution in [1.29, 1.82) is 0 Å². The number of benzene rings is 1. The first-order valence-electron chi connectivity index (χ1n) is 4.14. The minimum absolute atomic E-state index is 0.0112. The number of nitrogens with zero attached hydrogens (tertiary/aromatic N) is 1. The lowest BCUT2D eigenvalue weighted by Crippen LogP contribution is -2.11. The Labute approximate surface area is 86.0 Å². The van der Waals surface area contributed by atoms with E-state index in [1.807, 2.05) is 0 Å². The van der Waals surface area contributed by atoms with E-state index in [1.54, 1.807) is 6.92 Å². The summed E-state index contributed by atoms with van der Waals surface area (Å²) in [4.78, 5) is 20.8. The zero-order chi connectivity index (χ0) is 11.4. The summed E-state index contributed by atoms with van der Waals surface area (Å²) in [7, 11) is 1.25. The second kappa shape index (κ2) is 4.41. The average Bonchev–Trinajstić information content (AvgIpc) is 2.20. The molecule has 0 atom stereocenters. The van der Waals surface area contributed by atoms with Crippen LogP contribution in [-0.2, 0) is 4.74 Å². The molecule has 1 N–H and O–H groups in total. The number of methoxy groups -OCH3 is 1. The molecule has 0 saturated heterocycles. The molecule has 80 valence electrons. The number of carbonyl (C=O) groups excluding carboxylic acids is 1. The molecule has 0 aromatic heterocycles. The lowest BCUT2D eigenvalue weighted by atomic mass is 10.2. The summed E-state index contributed by atoms with van der Waals surface area (Å²) in [5.74, 6) is 0. The minimum atomic E-state index is -0.605. The van der Waals surface area contributed by atoms with Crippen LogP contribution in [-0.4, -0.2) is 18.1 Å². The smallest absolute Gasteiger partial charge is 0.411 e. The number of hydrogen-bond acceptors (Lipinski definition) is 4. The number of nitro benzene ring substituents is 1. The van der Waals surface area contributed by atoms with Crippen molar-refractivity contribution in [3.8, 4) is 0 Å². The Morgan fingerprint density at radius 3 is 2.67 bits per heavy atom. The van der Waals surface area contributed by atoms with Gasteiger partial charge in [0, 0.05) is 17.8 Å². The SMILES string of the molecule is COC(=O)Nc1ccc([N+](=O)[O-])cc1C. The van der Waals surface area contributed by atoms with Crippen molar-refractivity contribution in [2.75, 3.05) is 12.4 Å². The molecule has 0 bridgehead atoms. The molecule has 0 spiro atoms. The molecular formula is C9H10N2O4. The Bertz CT molecular complexity index is 403. The van der Waals surface area contributed by atoms with Gasteiger partial charge in [-0.05, 0) is 18.6 Å². The number of rotatable bonds is 2. The van der Waals surface area contributed by atoms with Crippen LogP contribution in [0.3, 0.4) is 0 Å². The number of amides is 1. The van der Waals surface area contributed by atoms with Crippen LogP contribution in [0.2, 0.25) is 0 Å². The monoisotopic (exact) mass is 210 g/mol. The number of anilines is 1. The van der Waals surface area contributed by atoms with Crippen LogP contribution in [0.25, 0.3) is 0 Å². The molecule has 0 aliphatic heterocycles. The molecular weight excluding hydrogens is 200 g/mol. The third-order valence-electron chi connectivity index (χ3n) is 1.84. The highest BCUT2D eigenvalue weighted by atomic mass is 16.6. The van der Waals surface area contributed by atoms with E-state index in [-0.39, 0.29) is 5.69 Å². The fraction of sp³-hybridized carbons (Fsp3) is 0.222. The maximum absolute atomic E-state index is 10.9. The normalized spacial score (nSPS) is 9.47. The fourth-order valence-electron chi connectivity index (χ4n) is 1.06. The number of aryl methyl sites for hydroxylation is 1. The summed E-state index contributed by atoms with van der Waals surface area (Å²) in [6.45, 7) is 1.66. The van der Waals surface area contributed by atoms with E-state index in [0.29, 0.717) is 11.3 Å². The van der Waals surface area contributed by atoms with Gasteiger partial charge < -0.3 is 4.74 Å². The lowest BCUT2D eigenvalue weighted by Gasteiger charge is -2.06. The van der Waals surface area contributed by atoms with Crippen LogP contribution in [0.1, 0.15) is 5.56 Å². The van der Waals surface area contributed by atoms with Gasteiger partial charge in [0.15, 0.2) is 0 Å². The van der Waals surface area contributed by atoms with E-state index < -0.39 is 11.0 Å². The van der Waals surface area contributed by atoms with Crippen LogP contribution in [0.15, 0.2) is 18.2 Å². The molecule has 1 aromatic rings. The van der Waals surface area contributed by atoms with E-state index >= 15 is 0 Å². The van der Waals surface area contributed by atoms with Gasteiger partial charge in [-0.15, -0.1) is 0 Å². The Kier molecular flexibility index (Phi) is 3.22. The van der Waals surface area contributed by atoms with E-state index in [9.17, 15) is 14.9 Å². The summed E-state index contributed by atoms with van der Waals surface area (Å²) >= 11 is 0. The number of nitro groups is 1. The van der Waals surface area contributed by atoms with Crippen molar-refractivity contribution < 1.29 is 14.5 Å². The Balaban J connectivity index is 2.93. The van der Waals surface area contributed by atoms with Crippen molar-refractivity contribution in [3.05, 3.63) is 33.9 Å². The van der Waals surface area contributed by atoms with Crippen LogP contribution in [0.4, 0.5) is 16.2 Å². The second-order valence-corrected chi connectivity index (χ2v) is 2.87. The van der Waals surface area contributed by atoms with Crippen LogP contribution in [0, 0.1) is 17.0 Å². The maximum atomic E-state index is 10.9. The summed E-state index contributed by atoms with van der Waals surface area (Å²) < 4.78 is 4.40.